The van der Waals surface area contributed by atoms with E-state index in [9.17, 15) is 15.3 Å². The molecule has 0 aromatic heterocycles. The van der Waals surface area contributed by atoms with Crippen molar-refractivity contribution in [3.63, 3.8) is 0 Å². The van der Waals surface area contributed by atoms with Crippen LogP contribution in [-0.4, -0.2) is 89.9 Å². The molecule has 0 spiro atoms. The van der Waals surface area contributed by atoms with Gasteiger partial charge in [0.05, 0.1) is 13.2 Å². The Morgan fingerprint density at radius 1 is 1.11 bits per heavy atom. The topological polar surface area (TPSA) is 103 Å². The standard InChI is InChI=1S/C10H21NO6.ClH/c1-11(2)3-4-16-10-9(15)8(14)7(13)6(5-12)17-10;/h6-10,12-15H,3-5H2,1-2H3;1H. The van der Waals surface area contributed by atoms with Gasteiger partial charge in [-0.15, -0.1) is 12.4 Å². The first-order chi connectivity index (χ1) is 7.97. The van der Waals surface area contributed by atoms with Crippen LogP contribution in [0, 0.1) is 0 Å². The van der Waals surface area contributed by atoms with E-state index < -0.39 is 37.3 Å². The van der Waals surface area contributed by atoms with Crippen LogP contribution >= 0.6 is 12.4 Å². The van der Waals surface area contributed by atoms with Gasteiger partial charge in [0.15, 0.2) is 6.29 Å². The minimum atomic E-state index is -1.38. The second kappa shape index (κ2) is 8.23. The second-order valence-electron chi connectivity index (χ2n) is 4.37. The van der Waals surface area contributed by atoms with Crippen molar-refractivity contribution in [2.24, 2.45) is 0 Å². The normalized spacial score (nSPS) is 36.5. The van der Waals surface area contributed by atoms with Crippen LogP contribution in [0.3, 0.4) is 0 Å². The molecule has 7 nitrogen and oxygen atoms in total. The SMILES string of the molecule is CN(C)CCOC1OC(CO)C(O)C(O)C1O.Cl. The highest BCUT2D eigenvalue weighted by Crippen LogP contribution is 2.21. The Labute approximate surface area is 112 Å². The van der Waals surface area contributed by atoms with E-state index in [0.717, 1.165) is 0 Å². The van der Waals surface area contributed by atoms with Crippen molar-refractivity contribution in [2.45, 2.75) is 30.7 Å². The highest BCUT2D eigenvalue weighted by molar-refractivity contribution is 5.85. The van der Waals surface area contributed by atoms with Gasteiger partial charge in [0.2, 0.25) is 0 Å². The zero-order chi connectivity index (χ0) is 13.0. The van der Waals surface area contributed by atoms with Gasteiger partial charge in [-0.1, -0.05) is 0 Å². The molecule has 5 atom stereocenters. The Hall–Kier alpha value is 0.01000. The lowest BCUT2D eigenvalue weighted by Crippen LogP contribution is -2.59. The smallest absolute Gasteiger partial charge is 0.186 e. The van der Waals surface area contributed by atoms with Gasteiger partial charge in [-0.2, -0.15) is 0 Å². The number of aliphatic hydroxyl groups is 4. The minimum absolute atomic E-state index is 0. The van der Waals surface area contributed by atoms with E-state index in [4.69, 9.17) is 14.6 Å². The molecular formula is C10H22ClNO6. The fourth-order valence-corrected chi connectivity index (χ4v) is 1.56. The molecule has 0 amide bonds. The van der Waals surface area contributed by atoms with Gasteiger partial charge in [-0.05, 0) is 14.1 Å². The first-order valence-corrected chi connectivity index (χ1v) is 5.54. The van der Waals surface area contributed by atoms with Crippen LogP contribution in [0.5, 0.6) is 0 Å². The molecule has 0 aromatic rings. The summed E-state index contributed by atoms with van der Waals surface area (Å²) >= 11 is 0. The molecular weight excluding hydrogens is 266 g/mol. The van der Waals surface area contributed by atoms with Gasteiger partial charge in [0.1, 0.15) is 24.4 Å². The Morgan fingerprint density at radius 2 is 1.72 bits per heavy atom. The summed E-state index contributed by atoms with van der Waals surface area (Å²) in [6, 6.07) is 0. The minimum Gasteiger partial charge on any atom is -0.394 e. The van der Waals surface area contributed by atoms with Crippen LogP contribution in [-0.2, 0) is 9.47 Å². The molecule has 8 heteroatoms. The average Bonchev–Trinajstić information content (AvgIpc) is 2.29. The molecule has 1 saturated heterocycles. The van der Waals surface area contributed by atoms with E-state index in [1.165, 1.54) is 0 Å². The van der Waals surface area contributed by atoms with Crippen molar-refractivity contribution < 1.29 is 29.9 Å². The maximum absolute atomic E-state index is 9.63. The molecule has 0 bridgehead atoms. The molecule has 0 aromatic carbocycles. The van der Waals surface area contributed by atoms with Crippen LogP contribution in [0.1, 0.15) is 0 Å². The highest BCUT2D eigenvalue weighted by atomic mass is 35.5. The summed E-state index contributed by atoms with van der Waals surface area (Å²) < 4.78 is 10.4. The molecule has 4 N–H and O–H groups in total. The molecule has 110 valence electrons. The van der Waals surface area contributed by atoms with Gasteiger partial charge in [0.25, 0.3) is 0 Å². The quantitative estimate of drug-likeness (QED) is 0.454. The van der Waals surface area contributed by atoms with Crippen LogP contribution in [0.2, 0.25) is 0 Å². The van der Waals surface area contributed by atoms with Gasteiger partial charge in [-0.25, -0.2) is 0 Å². The van der Waals surface area contributed by atoms with Crippen molar-refractivity contribution in [2.75, 3.05) is 33.9 Å². The van der Waals surface area contributed by atoms with E-state index in [1.54, 1.807) is 0 Å². The molecule has 1 heterocycles. The van der Waals surface area contributed by atoms with Crippen molar-refractivity contribution in [3.8, 4) is 0 Å². The van der Waals surface area contributed by atoms with Gasteiger partial charge in [-0.3, -0.25) is 0 Å². The summed E-state index contributed by atoms with van der Waals surface area (Å²) in [5.74, 6) is 0. The number of nitrogens with zero attached hydrogens (tertiary/aromatic N) is 1. The number of hydrogen-bond acceptors (Lipinski definition) is 7. The Kier molecular flexibility index (Phi) is 8.24. The third-order valence-corrected chi connectivity index (χ3v) is 2.67. The number of halogens is 1. The molecule has 0 radical (unpaired) electrons. The molecule has 1 fully saturated rings. The van der Waals surface area contributed by atoms with E-state index in [2.05, 4.69) is 0 Å². The van der Waals surface area contributed by atoms with Crippen molar-refractivity contribution in [1.82, 2.24) is 4.90 Å². The Bertz CT molecular complexity index is 230. The van der Waals surface area contributed by atoms with Crippen LogP contribution in [0.25, 0.3) is 0 Å². The fourth-order valence-electron chi connectivity index (χ4n) is 1.56. The molecule has 0 aliphatic carbocycles. The summed E-state index contributed by atoms with van der Waals surface area (Å²) in [4.78, 5) is 1.89. The van der Waals surface area contributed by atoms with E-state index >= 15 is 0 Å². The maximum atomic E-state index is 9.63. The summed E-state index contributed by atoms with van der Waals surface area (Å²) in [6.45, 7) is 0.503. The van der Waals surface area contributed by atoms with Crippen LogP contribution < -0.4 is 0 Å². The van der Waals surface area contributed by atoms with Crippen molar-refractivity contribution in [1.29, 1.82) is 0 Å². The monoisotopic (exact) mass is 287 g/mol. The Balaban J connectivity index is 0.00000289. The summed E-state index contributed by atoms with van der Waals surface area (Å²) in [7, 11) is 3.74. The zero-order valence-corrected chi connectivity index (χ0v) is 11.3. The first kappa shape index (κ1) is 18.0. The van der Waals surface area contributed by atoms with E-state index in [0.29, 0.717) is 13.2 Å². The van der Waals surface area contributed by atoms with E-state index in [1.807, 2.05) is 19.0 Å². The third kappa shape index (κ3) is 4.60. The number of rotatable bonds is 5. The summed E-state index contributed by atoms with van der Waals surface area (Å²) in [5, 5.41) is 37.6. The number of hydrogen-bond donors (Lipinski definition) is 4. The summed E-state index contributed by atoms with van der Waals surface area (Å²) in [5.41, 5.74) is 0. The lowest BCUT2D eigenvalue weighted by Gasteiger charge is -2.39. The fraction of sp³-hybridized carbons (Fsp3) is 1.00. The average molecular weight is 288 g/mol. The van der Waals surface area contributed by atoms with Gasteiger partial charge < -0.3 is 34.8 Å². The van der Waals surface area contributed by atoms with Crippen LogP contribution in [0.15, 0.2) is 0 Å². The molecule has 0 saturated carbocycles. The molecule has 1 rings (SSSR count). The van der Waals surface area contributed by atoms with E-state index in [-0.39, 0.29) is 12.4 Å². The van der Waals surface area contributed by atoms with Crippen molar-refractivity contribution in [3.05, 3.63) is 0 Å². The second-order valence-corrected chi connectivity index (χ2v) is 4.37. The molecule has 1 aliphatic heterocycles. The predicted octanol–water partition coefficient (Wildman–Crippen LogP) is -2.21. The summed E-state index contributed by atoms with van der Waals surface area (Å²) in [6.07, 6.45) is -6.01. The lowest BCUT2D eigenvalue weighted by atomic mass is 9.99. The lowest BCUT2D eigenvalue weighted by molar-refractivity contribution is -0.301. The first-order valence-electron chi connectivity index (χ1n) is 5.54. The third-order valence-electron chi connectivity index (χ3n) is 2.67. The van der Waals surface area contributed by atoms with Gasteiger partial charge >= 0.3 is 0 Å². The van der Waals surface area contributed by atoms with Crippen molar-refractivity contribution >= 4 is 12.4 Å². The predicted molar refractivity (Wildman–Crippen MR) is 65.5 cm³/mol. The molecule has 5 unspecified atom stereocenters. The highest BCUT2D eigenvalue weighted by Gasteiger charge is 2.43. The number of likely N-dealkylation sites (N-methyl/N-ethyl adjacent to an activating group) is 1. The molecule has 1 aliphatic rings. The maximum Gasteiger partial charge on any atom is 0.186 e. The molecule has 18 heavy (non-hydrogen) atoms. The largest absolute Gasteiger partial charge is 0.394 e. The number of aliphatic hydroxyl groups excluding tert-OH is 4. The Morgan fingerprint density at radius 3 is 2.22 bits per heavy atom. The number of ether oxygens (including phenoxy) is 2. The zero-order valence-electron chi connectivity index (χ0n) is 10.5. The van der Waals surface area contributed by atoms with Crippen LogP contribution in [0.4, 0.5) is 0 Å². The van der Waals surface area contributed by atoms with Gasteiger partial charge in [0, 0.05) is 6.54 Å².